The molecule has 0 amide bonds. The Bertz CT molecular complexity index is 789. The molecule has 0 unspecified atom stereocenters. The van der Waals surface area contributed by atoms with Crippen molar-refractivity contribution in [3.63, 3.8) is 0 Å². The van der Waals surface area contributed by atoms with Gasteiger partial charge in [0.25, 0.3) is 0 Å². The quantitative estimate of drug-likeness (QED) is 0.785. The Hall–Kier alpha value is -2.95. The second-order valence-corrected chi connectivity index (χ2v) is 5.11. The number of hydrogen-bond donors (Lipinski definition) is 1. The number of benzene rings is 2. The zero-order chi connectivity index (χ0) is 16.2. The second-order valence-electron chi connectivity index (χ2n) is 5.11. The molecule has 0 fully saturated rings. The molecular formula is C18H18N2O3. The van der Waals surface area contributed by atoms with Gasteiger partial charge in [0.2, 0.25) is 0 Å². The zero-order valence-corrected chi connectivity index (χ0v) is 13.1. The Kier molecular flexibility index (Phi) is 4.19. The van der Waals surface area contributed by atoms with Crippen molar-refractivity contribution in [2.75, 3.05) is 14.2 Å². The molecule has 118 valence electrons. The van der Waals surface area contributed by atoms with Crippen LogP contribution in [0.15, 0.2) is 54.9 Å². The van der Waals surface area contributed by atoms with Crippen molar-refractivity contribution in [1.82, 2.24) is 9.55 Å². The lowest BCUT2D eigenvalue weighted by Crippen LogP contribution is -2.02. The van der Waals surface area contributed by atoms with E-state index in [1.165, 1.54) is 0 Å². The van der Waals surface area contributed by atoms with Gasteiger partial charge >= 0.3 is 0 Å². The summed E-state index contributed by atoms with van der Waals surface area (Å²) in [4.78, 5) is 4.43. The lowest BCUT2D eigenvalue weighted by molar-refractivity contribution is 0.394. The zero-order valence-electron chi connectivity index (χ0n) is 13.1. The van der Waals surface area contributed by atoms with Gasteiger partial charge < -0.3 is 19.1 Å². The van der Waals surface area contributed by atoms with Crippen LogP contribution in [0.2, 0.25) is 0 Å². The third-order valence-electron chi connectivity index (χ3n) is 3.66. The molecule has 2 aromatic carbocycles. The van der Waals surface area contributed by atoms with E-state index < -0.39 is 0 Å². The third kappa shape index (κ3) is 3.13. The van der Waals surface area contributed by atoms with E-state index in [1.807, 2.05) is 41.1 Å². The molecule has 0 atom stereocenters. The van der Waals surface area contributed by atoms with Crippen LogP contribution < -0.4 is 9.47 Å². The van der Waals surface area contributed by atoms with Gasteiger partial charge in [-0.1, -0.05) is 18.2 Å². The van der Waals surface area contributed by atoms with Crippen molar-refractivity contribution in [2.45, 2.75) is 6.54 Å². The van der Waals surface area contributed by atoms with Gasteiger partial charge in [0.15, 0.2) is 0 Å². The number of imidazole rings is 1. The smallest absolute Gasteiger partial charge is 0.140 e. The summed E-state index contributed by atoms with van der Waals surface area (Å²) in [5.74, 6) is 2.47. The van der Waals surface area contributed by atoms with Crippen molar-refractivity contribution < 1.29 is 14.6 Å². The molecule has 0 bridgehead atoms. The number of para-hydroxylation sites is 1. The Morgan fingerprint density at radius 3 is 2.39 bits per heavy atom. The first-order chi connectivity index (χ1) is 11.2. The predicted molar refractivity (Wildman–Crippen MR) is 88.0 cm³/mol. The Labute approximate surface area is 134 Å². The van der Waals surface area contributed by atoms with E-state index in [2.05, 4.69) is 4.98 Å². The molecule has 5 nitrogen and oxygen atoms in total. The van der Waals surface area contributed by atoms with Crippen LogP contribution in [0.25, 0.3) is 11.4 Å². The van der Waals surface area contributed by atoms with Crippen LogP contribution in [0.3, 0.4) is 0 Å². The molecule has 3 rings (SSSR count). The Morgan fingerprint density at radius 2 is 1.74 bits per heavy atom. The van der Waals surface area contributed by atoms with Crippen molar-refractivity contribution in [1.29, 1.82) is 0 Å². The normalized spacial score (nSPS) is 10.5. The lowest BCUT2D eigenvalue weighted by atomic mass is 10.1. The van der Waals surface area contributed by atoms with Gasteiger partial charge in [0.05, 0.1) is 20.8 Å². The van der Waals surface area contributed by atoms with Crippen LogP contribution in [-0.2, 0) is 6.54 Å². The molecule has 0 saturated carbocycles. The van der Waals surface area contributed by atoms with Crippen LogP contribution in [-0.4, -0.2) is 28.9 Å². The van der Waals surface area contributed by atoms with E-state index in [0.29, 0.717) is 18.0 Å². The minimum Gasteiger partial charge on any atom is -0.508 e. The van der Waals surface area contributed by atoms with E-state index in [0.717, 1.165) is 17.0 Å². The topological polar surface area (TPSA) is 56.5 Å². The van der Waals surface area contributed by atoms with E-state index >= 15 is 0 Å². The van der Waals surface area contributed by atoms with Gasteiger partial charge in [-0.2, -0.15) is 0 Å². The van der Waals surface area contributed by atoms with Gasteiger partial charge in [-0.3, -0.25) is 0 Å². The molecule has 1 aromatic heterocycles. The van der Waals surface area contributed by atoms with E-state index in [-0.39, 0.29) is 5.75 Å². The number of phenols is 1. The highest BCUT2D eigenvalue weighted by molar-refractivity contribution is 5.61. The fourth-order valence-corrected chi connectivity index (χ4v) is 2.46. The molecule has 1 N–H and O–H groups in total. The number of aromatic nitrogens is 2. The third-order valence-corrected chi connectivity index (χ3v) is 3.66. The summed E-state index contributed by atoms with van der Waals surface area (Å²) in [6.45, 7) is 0.529. The van der Waals surface area contributed by atoms with Crippen molar-refractivity contribution in [3.05, 3.63) is 60.4 Å². The molecule has 0 spiro atoms. The maximum Gasteiger partial charge on any atom is 0.140 e. The Balaban J connectivity index is 1.99. The summed E-state index contributed by atoms with van der Waals surface area (Å²) in [6.07, 6.45) is 3.62. The number of phenolic OH excluding ortho intramolecular Hbond substituents is 1. The largest absolute Gasteiger partial charge is 0.508 e. The molecule has 0 aliphatic rings. The standard InChI is InChI=1S/C18H18N2O3/c1-22-15-9-14(10-16(11-15)23-2)18-19-7-8-20(18)12-13-5-3-4-6-17(13)21/h3-11,21H,12H2,1-2H3. The van der Waals surface area contributed by atoms with Crippen LogP contribution in [0.5, 0.6) is 17.2 Å². The number of nitrogens with zero attached hydrogens (tertiary/aromatic N) is 2. The van der Waals surface area contributed by atoms with Gasteiger partial charge in [-0.05, 0) is 18.2 Å². The first-order valence-electron chi connectivity index (χ1n) is 7.22. The molecule has 0 aliphatic heterocycles. The highest BCUT2D eigenvalue weighted by atomic mass is 16.5. The van der Waals surface area contributed by atoms with E-state index in [9.17, 15) is 5.11 Å². The molecule has 0 saturated heterocycles. The molecule has 0 aliphatic carbocycles. The monoisotopic (exact) mass is 310 g/mol. The first-order valence-corrected chi connectivity index (χ1v) is 7.22. The lowest BCUT2D eigenvalue weighted by Gasteiger charge is -2.11. The fourth-order valence-electron chi connectivity index (χ4n) is 2.46. The summed E-state index contributed by atoms with van der Waals surface area (Å²) in [6, 6.07) is 12.9. The van der Waals surface area contributed by atoms with Crippen molar-refractivity contribution >= 4 is 0 Å². The van der Waals surface area contributed by atoms with Crippen LogP contribution >= 0.6 is 0 Å². The Morgan fingerprint density at radius 1 is 1.04 bits per heavy atom. The average molecular weight is 310 g/mol. The van der Waals surface area contributed by atoms with Gasteiger partial charge in [-0.15, -0.1) is 0 Å². The van der Waals surface area contributed by atoms with Crippen LogP contribution in [0.4, 0.5) is 0 Å². The number of ether oxygens (including phenoxy) is 2. The highest BCUT2D eigenvalue weighted by Crippen LogP contribution is 2.29. The number of aromatic hydroxyl groups is 1. The molecular weight excluding hydrogens is 292 g/mol. The SMILES string of the molecule is COc1cc(OC)cc(-c2nccn2Cc2ccccc2O)c1. The minimum atomic E-state index is 0.273. The highest BCUT2D eigenvalue weighted by Gasteiger charge is 2.11. The number of rotatable bonds is 5. The molecule has 1 heterocycles. The first kappa shape index (κ1) is 15.0. The summed E-state index contributed by atoms with van der Waals surface area (Å²) in [7, 11) is 3.24. The maximum absolute atomic E-state index is 9.96. The number of hydrogen-bond acceptors (Lipinski definition) is 4. The van der Waals surface area contributed by atoms with Gasteiger partial charge in [-0.25, -0.2) is 4.98 Å². The van der Waals surface area contributed by atoms with Gasteiger partial charge in [0.1, 0.15) is 23.1 Å². The summed E-state index contributed by atoms with van der Waals surface area (Å²) >= 11 is 0. The minimum absolute atomic E-state index is 0.273. The van der Waals surface area contributed by atoms with E-state index in [1.54, 1.807) is 32.5 Å². The van der Waals surface area contributed by atoms with Crippen LogP contribution in [0, 0.1) is 0 Å². The van der Waals surface area contributed by atoms with Crippen molar-refractivity contribution in [2.24, 2.45) is 0 Å². The average Bonchev–Trinajstić information content (AvgIpc) is 3.04. The summed E-state index contributed by atoms with van der Waals surface area (Å²) in [5, 5.41) is 9.96. The molecule has 0 radical (unpaired) electrons. The second kappa shape index (κ2) is 6.44. The summed E-state index contributed by atoms with van der Waals surface area (Å²) in [5.41, 5.74) is 1.73. The fraction of sp³-hybridized carbons (Fsp3) is 0.167. The molecule has 3 aromatic rings. The van der Waals surface area contributed by atoms with Crippen molar-refractivity contribution in [3.8, 4) is 28.6 Å². The molecule has 23 heavy (non-hydrogen) atoms. The summed E-state index contributed by atoms with van der Waals surface area (Å²) < 4.78 is 12.6. The predicted octanol–water partition coefficient (Wildman–Crippen LogP) is 3.32. The van der Waals surface area contributed by atoms with Crippen LogP contribution in [0.1, 0.15) is 5.56 Å². The number of methoxy groups -OCH3 is 2. The van der Waals surface area contributed by atoms with Gasteiger partial charge in [0, 0.05) is 29.6 Å². The maximum atomic E-state index is 9.96. The van der Waals surface area contributed by atoms with E-state index in [4.69, 9.17) is 9.47 Å². The molecule has 5 heteroatoms.